The summed E-state index contributed by atoms with van der Waals surface area (Å²) in [4.78, 5) is 13.7. The third-order valence-corrected chi connectivity index (χ3v) is 3.46. The highest BCUT2D eigenvalue weighted by Gasteiger charge is 2.46. The zero-order chi connectivity index (χ0) is 9.64. The van der Waals surface area contributed by atoms with E-state index in [1.807, 2.05) is 11.8 Å². The molecule has 2 aliphatic rings. The molecule has 1 amide bonds. The van der Waals surface area contributed by atoms with E-state index in [-0.39, 0.29) is 17.5 Å². The van der Waals surface area contributed by atoms with E-state index in [9.17, 15) is 4.79 Å². The van der Waals surface area contributed by atoms with Crippen LogP contribution in [0.4, 0.5) is 0 Å². The molecule has 1 saturated carbocycles. The molecule has 0 spiro atoms. The van der Waals surface area contributed by atoms with Gasteiger partial charge in [-0.15, -0.1) is 0 Å². The third kappa shape index (κ3) is 1.35. The fraction of sp³-hybridized carbons (Fsp3) is 0.900. The minimum Gasteiger partial charge on any atom is -0.323 e. The third-order valence-electron chi connectivity index (χ3n) is 3.46. The number of hydrogen-bond acceptors (Lipinski definition) is 2. The van der Waals surface area contributed by atoms with Crippen LogP contribution in [0, 0.1) is 5.92 Å². The molecule has 74 valence electrons. The van der Waals surface area contributed by atoms with Gasteiger partial charge in [-0.1, -0.05) is 0 Å². The van der Waals surface area contributed by atoms with E-state index in [0.29, 0.717) is 0 Å². The summed E-state index contributed by atoms with van der Waals surface area (Å²) in [6, 6.07) is 0.0121. The van der Waals surface area contributed by atoms with Crippen LogP contribution in [-0.2, 0) is 4.79 Å². The first kappa shape index (κ1) is 9.00. The van der Waals surface area contributed by atoms with Crippen molar-refractivity contribution in [2.75, 3.05) is 6.67 Å². The van der Waals surface area contributed by atoms with Gasteiger partial charge in [0.05, 0.1) is 12.7 Å². The molecular formula is C10H18N2O. The Morgan fingerprint density at radius 2 is 2.08 bits per heavy atom. The summed E-state index contributed by atoms with van der Waals surface area (Å²) in [5.74, 6) is 0.987. The molecule has 0 aromatic rings. The predicted octanol–water partition coefficient (Wildman–Crippen LogP) is 0.953. The standard InChI is InChI=1S/C10H18N2O/c1-7-9(13)12(6-11-7)10(2,3)8-4-5-8/h7-8,11H,4-6H2,1-3H3. The summed E-state index contributed by atoms with van der Waals surface area (Å²) in [5.41, 5.74) is 0.0643. The lowest BCUT2D eigenvalue weighted by molar-refractivity contribution is -0.133. The highest BCUT2D eigenvalue weighted by Crippen LogP contribution is 2.43. The van der Waals surface area contributed by atoms with Gasteiger partial charge in [-0.05, 0) is 39.5 Å². The first-order chi connectivity index (χ1) is 6.03. The van der Waals surface area contributed by atoms with Crippen molar-refractivity contribution in [2.24, 2.45) is 5.92 Å². The van der Waals surface area contributed by atoms with Crippen molar-refractivity contribution in [3.05, 3.63) is 0 Å². The average Bonchev–Trinajstić information content (AvgIpc) is 2.82. The molecule has 3 heteroatoms. The van der Waals surface area contributed by atoms with Crippen molar-refractivity contribution in [3.63, 3.8) is 0 Å². The predicted molar refractivity (Wildman–Crippen MR) is 51.1 cm³/mol. The maximum absolute atomic E-state index is 11.7. The van der Waals surface area contributed by atoms with Crippen LogP contribution in [0.5, 0.6) is 0 Å². The van der Waals surface area contributed by atoms with Crippen LogP contribution in [0.25, 0.3) is 0 Å². The van der Waals surface area contributed by atoms with Crippen LogP contribution in [-0.4, -0.2) is 29.1 Å². The summed E-state index contributed by atoms with van der Waals surface area (Å²) in [7, 11) is 0. The Balaban J connectivity index is 2.11. The van der Waals surface area contributed by atoms with Crippen LogP contribution >= 0.6 is 0 Å². The molecule has 3 nitrogen and oxygen atoms in total. The summed E-state index contributed by atoms with van der Waals surface area (Å²) < 4.78 is 0. The Morgan fingerprint density at radius 1 is 1.46 bits per heavy atom. The number of hydrogen-bond donors (Lipinski definition) is 1. The van der Waals surface area contributed by atoms with Crippen LogP contribution < -0.4 is 5.32 Å². The molecule has 0 bridgehead atoms. The SMILES string of the molecule is CC1NCN(C(C)(C)C2CC2)C1=O. The van der Waals surface area contributed by atoms with Crippen molar-refractivity contribution >= 4 is 5.91 Å². The number of amides is 1. The minimum absolute atomic E-state index is 0.0121. The first-order valence-electron chi connectivity index (χ1n) is 5.08. The van der Waals surface area contributed by atoms with Crippen LogP contribution in [0.3, 0.4) is 0 Å². The Hall–Kier alpha value is -0.570. The number of carbonyl (C=O) groups is 1. The molecule has 0 aromatic carbocycles. The molecule has 2 fully saturated rings. The van der Waals surface area contributed by atoms with Gasteiger partial charge in [-0.3, -0.25) is 10.1 Å². The summed E-state index contributed by atoms with van der Waals surface area (Å²) in [6.45, 7) is 7.03. The number of nitrogens with zero attached hydrogens (tertiary/aromatic N) is 1. The molecule has 1 aliphatic heterocycles. The van der Waals surface area contributed by atoms with Crippen LogP contribution in [0.15, 0.2) is 0 Å². The molecular weight excluding hydrogens is 164 g/mol. The summed E-state index contributed by atoms with van der Waals surface area (Å²) in [6.07, 6.45) is 2.57. The summed E-state index contributed by atoms with van der Waals surface area (Å²) >= 11 is 0. The van der Waals surface area contributed by atoms with E-state index in [2.05, 4.69) is 19.2 Å². The molecule has 1 heterocycles. The highest BCUT2D eigenvalue weighted by molar-refractivity contribution is 5.84. The lowest BCUT2D eigenvalue weighted by Crippen LogP contribution is -2.47. The van der Waals surface area contributed by atoms with Crippen molar-refractivity contribution in [2.45, 2.75) is 45.2 Å². The Labute approximate surface area is 79.5 Å². The summed E-state index contributed by atoms with van der Waals surface area (Å²) in [5, 5.41) is 3.18. The molecule has 1 atom stereocenters. The van der Waals surface area contributed by atoms with Gasteiger partial charge in [0, 0.05) is 5.54 Å². The van der Waals surface area contributed by atoms with Crippen LogP contribution in [0.1, 0.15) is 33.6 Å². The van der Waals surface area contributed by atoms with Gasteiger partial charge < -0.3 is 4.90 Å². The lowest BCUT2D eigenvalue weighted by Gasteiger charge is -2.35. The minimum atomic E-state index is 0.0121. The second kappa shape index (κ2) is 2.71. The van der Waals surface area contributed by atoms with E-state index in [1.54, 1.807) is 0 Å². The van der Waals surface area contributed by atoms with E-state index in [0.717, 1.165) is 12.6 Å². The van der Waals surface area contributed by atoms with E-state index in [4.69, 9.17) is 0 Å². The lowest BCUT2D eigenvalue weighted by atomic mass is 9.96. The maximum Gasteiger partial charge on any atom is 0.240 e. The Morgan fingerprint density at radius 3 is 2.46 bits per heavy atom. The molecule has 1 N–H and O–H groups in total. The van der Waals surface area contributed by atoms with Gasteiger partial charge in [0.2, 0.25) is 5.91 Å². The second-order valence-corrected chi connectivity index (χ2v) is 4.78. The van der Waals surface area contributed by atoms with Gasteiger partial charge in [-0.2, -0.15) is 0 Å². The Kier molecular flexibility index (Phi) is 1.88. The maximum atomic E-state index is 11.7. The van der Waals surface area contributed by atoms with Gasteiger partial charge in [0.1, 0.15) is 0 Å². The number of nitrogens with one attached hydrogen (secondary N) is 1. The van der Waals surface area contributed by atoms with E-state index in [1.165, 1.54) is 12.8 Å². The fourth-order valence-corrected chi connectivity index (χ4v) is 2.13. The number of rotatable bonds is 2. The Bertz CT molecular complexity index is 233. The monoisotopic (exact) mass is 182 g/mol. The fourth-order valence-electron chi connectivity index (χ4n) is 2.13. The largest absolute Gasteiger partial charge is 0.323 e. The zero-order valence-electron chi connectivity index (χ0n) is 8.63. The zero-order valence-corrected chi connectivity index (χ0v) is 8.63. The molecule has 13 heavy (non-hydrogen) atoms. The molecule has 2 rings (SSSR count). The van der Waals surface area contributed by atoms with Gasteiger partial charge in [0.15, 0.2) is 0 Å². The van der Waals surface area contributed by atoms with Crippen molar-refractivity contribution < 1.29 is 4.79 Å². The normalized spacial score (nSPS) is 29.9. The molecule has 1 saturated heterocycles. The quantitative estimate of drug-likeness (QED) is 0.689. The highest BCUT2D eigenvalue weighted by atomic mass is 16.2. The van der Waals surface area contributed by atoms with Crippen molar-refractivity contribution in [3.8, 4) is 0 Å². The average molecular weight is 182 g/mol. The van der Waals surface area contributed by atoms with Crippen LogP contribution in [0.2, 0.25) is 0 Å². The van der Waals surface area contributed by atoms with Gasteiger partial charge in [-0.25, -0.2) is 0 Å². The van der Waals surface area contributed by atoms with E-state index >= 15 is 0 Å². The number of carbonyl (C=O) groups excluding carboxylic acids is 1. The molecule has 0 aromatic heterocycles. The molecule has 1 aliphatic carbocycles. The molecule has 1 unspecified atom stereocenters. The van der Waals surface area contributed by atoms with Gasteiger partial charge >= 0.3 is 0 Å². The van der Waals surface area contributed by atoms with Crippen molar-refractivity contribution in [1.82, 2.24) is 10.2 Å². The second-order valence-electron chi connectivity index (χ2n) is 4.78. The smallest absolute Gasteiger partial charge is 0.240 e. The topological polar surface area (TPSA) is 32.3 Å². The van der Waals surface area contributed by atoms with Crippen molar-refractivity contribution in [1.29, 1.82) is 0 Å². The molecule has 0 radical (unpaired) electrons. The van der Waals surface area contributed by atoms with Gasteiger partial charge in [0.25, 0.3) is 0 Å². The first-order valence-corrected chi connectivity index (χ1v) is 5.08. The van der Waals surface area contributed by atoms with E-state index < -0.39 is 0 Å².